The highest BCUT2D eigenvalue weighted by Gasteiger charge is 2.39. The van der Waals surface area contributed by atoms with Crippen LogP contribution in [0, 0.1) is 12.8 Å². The van der Waals surface area contributed by atoms with Crippen molar-refractivity contribution in [3.05, 3.63) is 47.4 Å². The summed E-state index contributed by atoms with van der Waals surface area (Å²) in [6.07, 6.45) is -0.743. The molecule has 1 aliphatic carbocycles. The van der Waals surface area contributed by atoms with Gasteiger partial charge in [-0.2, -0.15) is 13.2 Å². The Morgan fingerprint density at radius 2 is 2.00 bits per heavy atom. The van der Waals surface area contributed by atoms with Crippen LogP contribution in [0.1, 0.15) is 29.7 Å². The van der Waals surface area contributed by atoms with E-state index in [1.165, 1.54) is 24.3 Å². The number of nitrogens with two attached hydrogens (primary N) is 1. The van der Waals surface area contributed by atoms with Crippen LogP contribution < -0.4 is 11.1 Å². The number of carbonyl (C=O) groups excluding carboxylic acids is 2. The SMILES string of the molecule is COCC(C1CC1)N(Cc1ccc(C(F)(F)F)cn1)C(=O)C(=O)Nc1cnc(N)c(C)c1. The van der Waals surface area contributed by atoms with Gasteiger partial charge in [0.05, 0.1) is 42.3 Å². The predicted octanol–water partition coefficient (Wildman–Crippen LogP) is 2.78. The number of anilines is 2. The molecule has 32 heavy (non-hydrogen) atoms. The molecule has 0 aromatic carbocycles. The number of aryl methyl sites for hydroxylation is 1. The minimum atomic E-state index is -4.52. The van der Waals surface area contributed by atoms with E-state index in [1.54, 1.807) is 13.0 Å². The van der Waals surface area contributed by atoms with E-state index >= 15 is 0 Å². The molecule has 0 aliphatic heterocycles. The van der Waals surface area contributed by atoms with Crippen LogP contribution in [0.15, 0.2) is 30.6 Å². The summed E-state index contributed by atoms with van der Waals surface area (Å²) < 4.78 is 43.7. The second-order valence-electron chi connectivity index (χ2n) is 7.71. The van der Waals surface area contributed by atoms with Gasteiger partial charge in [0.25, 0.3) is 0 Å². The minimum absolute atomic E-state index is 0.131. The molecule has 11 heteroatoms. The first-order valence-corrected chi connectivity index (χ1v) is 9.95. The molecular weight excluding hydrogens is 427 g/mol. The lowest BCUT2D eigenvalue weighted by Crippen LogP contribution is -2.48. The van der Waals surface area contributed by atoms with E-state index in [0.29, 0.717) is 23.3 Å². The molecule has 1 saturated carbocycles. The number of hydrogen-bond acceptors (Lipinski definition) is 6. The monoisotopic (exact) mass is 451 g/mol. The fraction of sp³-hybridized carbons (Fsp3) is 0.429. The topological polar surface area (TPSA) is 110 Å². The van der Waals surface area contributed by atoms with Crippen LogP contribution in [-0.4, -0.2) is 46.4 Å². The average molecular weight is 451 g/mol. The smallest absolute Gasteiger partial charge is 0.383 e. The van der Waals surface area contributed by atoms with Crippen LogP contribution in [0.2, 0.25) is 0 Å². The maximum atomic E-state index is 13.1. The number of amides is 2. The summed E-state index contributed by atoms with van der Waals surface area (Å²) in [4.78, 5) is 34.9. The molecule has 0 bridgehead atoms. The Kier molecular flexibility index (Phi) is 6.97. The van der Waals surface area contributed by atoms with E-state index < -0.39 is 29.6 Å². The first kappa shape index (κ1) is 23.5. The van der Waals surface area contributed by atoms with Crippen molar-refractivity contribution in [2.24, 2.45) is 5.92 Å². The normalized spacial score (nSPS) is 14.7. The fourth-order valence-corrected chi connectivity index (χ4v) is 3.30. The van der Waals surface area contributed by atoms with Crippen molar-refractivity contribution in [1.82, 2.24) is 14.9 Å². The van der Waals surface area contributed by atoms with Crippen molar-refractivity contribution in [2.45, 2.75) is 38.5 Å². The highest BCUT2D eigenvalue weighted by molar-refractivity contribution is 6.39. The second-order valence-corrected chi connectivity index (χ2v) is 7.71. The number of pyridine rings is 2. The third-order valence-electron chi connectivity index (χ3n) is 5.22. The zero-order valence-corrected chi connectivity index (χ0v) is 17.6. The van der Waals surface area contributed by atoms with Crippen LogP contribution in [0.5, 0.6) is 0 Å². The first-order chi connectivity index (χ1) is 15.1. The van der Waals surface area contributed by atoms with Gasteiger partial charge < -0.3 is 20.7 Å². The van der Waals surface area contributed by atoms with Crippen LogP contribution in [0.4, 0.5) is 24.7 Å². The van der Waals surface area contributed by atoms with E-state index in [0.717, 1.165) is 18.9 Å². The van der Waals surface area contributed by atoms with Crippen LogP contribution >= 0.6 is 0 Å². The molecule has 1 unspecified atom stereocenters. The Labute approximate surface area is 183 Å². The lowest BCUT2D eigenvalue weighted by atomic mass is 10.1. The number of aromatic nitrogens is 2. The number of hydrogen-bond donors (Lipinski definition) is 2. The van der Waals surface area contributed by atoms with E-state index in [4.69, 9.17) is 10.5 Å². The molecule has 3 N–H and O–H groups in total. The molecule has 2 heterocycles. The molecule has 1 atom stereocenters. The van der Waals surface area contributed by atoms with Gasteiger partial charge in [0, 0.05) is 13.3 Å². The predicted molar refractivity (Wildman–Crippen MR) is 110 cm³/mol. The molecule has 2 aromatic heterocycles. The molecule has 2 aromatic rings. The molecular formula is C21H24F3N5O3. The summed E-state index contributed by atoms with van der Waals surface area (Å²) in [7, 11) is 1.48. The Balaban J connectivity index is 1.82. The number of rotatable bonds is 7. The number of nitrogens with one attached hydrogen (secondary N) is 1. The van der Waals surface area contributed by atoms with E-state index in [9.17, 15) is 22.8 Å². The standard InChI is InChI=1S/C21H24F3N5O3/c1-12-7-16(9-27-18(12)25)28-19(30)20(31)29(17(11-32-2)13-3-4-13)10-15-6-5-14(8-26-15)21(22,23)24/h5-9,13,17H,3-4,10-11H2,1-2H3,(H2,25,27)(H,28,30). The molecule has 0 saturated heterocycles. The van der Waals surface area contributed by atoms with Crippen LogP contribution in [0.3, 0.4) is 0 Å². The van der Waals surface area contributed by atoms with Gasteiger partial charge in [-0.05, 0) is 49.4 Å². The van der Waals surface area contributed by atoms with Gasteiger partial charge in [0.1, 0.15) is 5.82 Å². The van der Waals surface area contributed by atoms with Crippen molar-refractivity contribution in [1.29, 1.82) is 0 Å². The van der Waals surface area contributed by atoms with Gasteiger partial charge in [0.2, 0.25) is 0 Å². The number of nitrogen functional groups attached to an aromatic ring is 1. The third kappa shape index (κ3) is 5.72. The number of nitrogens with zero attached hydrogens (tertiary/aromatic N) is 3. The lowest BCUT2D eigenvalue weighted by molar-refractivity contribution is -0.146. The van der Waals surface area contributed by atoms with E-state index in [1.807, 2.05) is 0 Å². The van der Waals surface area contributed by atoms with E-state index in [2.05, 4.69) is 15.3 Å². The lowest BCUT2D eigenvalue weighted by Gasteiger charge is -2.31. The summed E-state index contributed by atoms with van der Waals surface area (Å²) >= 11 is 0. The second kappa shape index (κ2) is 9.51. The highest BCUT2D eigenvalue weighted by atomic mass is 19.4. The Bertz CT molecular complexity index is 978. The zero-order valence-electron chi connectivity index (χ0n) is 17.6. The molecule has 172 valence electrons. The minimum Gasteiger partial charge on any atom is -0.383 e. The molecule has 3 rings (SSSR count). The van der Waals surface area contributed by atoms with E-state index in [-0.39, 0.29) is 24.8 Å². The van der Waals surface area contributed by atoms with Gasteiger partial charge >= 0.3 is 18.0 Å². The summed E-state index contributed by atoms with van der Waals surface area (Å²) in [5.41, 5.74) is 5.95. The molecule has 1 aliphatic rings. The summed E-state index contributed by atoms with van der Waals surface area (Å²) in [5.74, 6) is -1.29. The summed E-state index contributed by atoms with van der Waals surface area (Å²) in [6.45, 7) is 1.77. The summed E-state index contributed by atoms with van der Waals surface area (Å²) in [5, 5.41) is 2.50. The van der Waals surface area contributed by atoms with Gasteiger partial charge in [-0.3, -0.25) is 14.6 Å². The molecule has 1 fully saturated rings. The van der Waals surface area contributed by atoms with Gasteiger partial charge in [0.15, 0.2) is 0 Å². The number of carbonyl (C=O) groups is 2. The number of halogens is 3. The quantitative estimate of drug-likeness (QED) is 0.627. The summed E-state index contributed by atoms with van der Waals surface area (Å²) in [6, 6.07) is 3.28. The number of methoxy groups -OCH3 is 1. The molecule has 8 nitrogen and oxygen atoms in total. The fourth-order valence-electron chi connectivity index (χ4n) is 3.30. The van der Waals surface area contributed by atoms with Gasteiger partial charge in [-0.15, -0.1) is 0 Å². The highest BCUT2D eigenvalue weighted by Crippen LogP contribution is 2.36. The molecule has 0 spiro atoms. The largest absolute Gasteiger partial charge is 0.417 e. The Morgan fingerprint density at radius 1 is 1.28 bits per heavy atom. The van der Waals surface area contributed by atoms with Crippen LogP contribution in [-0.2, 0) is 27.0 Å². The number of ether oxygens (including phenoxy) is 1. The van der Waals surface area contributed by atoms with Crippen molar-refractivity contribution in [2.75, 3.05) is 24.8 Å². The van der Waals surface area contributed by atoms with Crippen molar-refractivity contribution in [3.8, 4) is 0 Å². The Morgan fingerprint density at radius 3 is 2.53 bits per heavy atom. The molecule has 2 amide bonds. The van der Waals surface area contributed by atoms with Crippen molar-refractivity contribution < 1.29 is 27.5 Å². The maximum absolute atomic E-state index is 13.1. The van der Waals surface area contributed by atoms with Crippen molar-refractivity contribution in [3.63, 3.8) is 0 Å². The zero-order chi connectivity index (χ0) is 23.5. The first-order valence-electron chi connectivity index (χ1n) is 9.95. The van der Waals surface area contributed by atoms with Crippen LogP contribution in [0.25, 0.3) is 0 Å². The molecule has 0 radical (unpaired) electrons. The van der Waals surface area contributed by atoms with Crippen molar-refractivity contribution >= 4 is 23.3 Å². The van der Waals surface area contributed by atoms with Gasteiger partial charge in [-0.1, -0.05) is 0 Å². The maximum Gasteiger partial charge on any atom is 0.417 e. The third-order valence-corrected chi connectivity index (χ3v) is 5.22. The number of alkyl halides is 3. The van der Waals surface area contributed by atoms with Gasteiger partial charge in [-0.25, -0.2) is 4.98 Å². The Hall–Kier alpha value is -3.21. The average Bonchev–Trinajstić information content (AvgIpc) is 3.57.